The first-order valence-electron chi connectivity index (χ1n) is 5.85. The number of nitrogens with one attached hydrogen (secondary N) is 2. The second kappa shape index (κ2) is 5.56. The van der Waals surface area contributed by atoms with Crippen molar-refractivity contribution in [2.45, 2.75) is 6.92 Å². The molecule has 6 heteroatoms. The molecule has 20 heavy (non-hydrogen) atoms. The summed E-state index contributed by atoms with van der Waals surface area (Å²) in [6.45, 7) is 1.84. The number of amides is 2. The van der Waals surface area contributed by atoms with Crippen LogP contribution in [-0.2, 0) is 0 Å². The largest absolute Gasteiger partial charge is 0.398 e. The van der Waals surface area contributed by atoms with Gasteiger partial charge in [-0.25, -0.2) is 13.6 Å². The number of rotatable bonds is 2. The number of carbonyl (C=O) groups excluding carboxylic acids is 1. The van der Waals surface area contributed by atoms with Gasteiger partial charge in [-0.2, -0.15) is 0 Å². The highest BCUT2D eigenvalue weighted by molar-refractivity contribution is 6.00. The molecule has 0 unspecified atom stereocenters. The SMILES string of the molecule is Cc1ccc(NC(=O)Nc2ccc(F)cc2F)cc1N. The molecular weight excluding hydrogens is 264 g/mol. The number of carbonyl (C=O) groups is 1. The maximum atomic E-state index is 13.4. The first-order chi connectivity index (χ1) is 9.45. The molecule has 0 heterocycles. The van der Waals surface area contributed by atoms with Gasteiger partial charge < -0.3 is 16.4 Å². The molecule has 0 saturated carbocycles. The van der Waals surface area contributed by atoms with Gasteiger partial charge >= 0.3 is 6.03 Å². The van der Waals surface area contributed by atoms with Gasteiger partial charge in [0.25, 0.3) is 0 Å². The van der Waals surface area contributed by atoms with E-state index in [0.29, 0.717) is 17.4 Å². The molecule has 0 fully saturated rings. The second-order valence-corrected chi connectivity index (χ2v) is 4.27. The summed E-state index contributed by atoms with van der Waals surface area (Å²) in [6.07, 6.45) is 0. The van der Waals surface area contributed by atoms with E-state index in [4.69, 9.17) is 5.73 Å². The Labute approximate surface area is 114 Å². The van der Waals surface area contributed by atoms with Crippen molar-refractivity contribution in [3.63, 3.8) is 0 Å². The molecule has 0 aliphatic carbocycles. The van der Waals surface area contributed by atoms with Crippen LogP contribution in [-0.4, -0.2) is 6.03 Å². The molecule has 4 N–H and O–H groups in total. The Morgan fingerprint density at radius 1 is 1.10 bits per heavy atom. The van der Waals surface area contributed by atoms with Crippen LogP contribution in [0.15, 0.2) is 36.4 Å². The molecule has 2 aromatic rings. The van der Waals surface area contributed by atoms with Crippen LogP contribution in [0.2, 0.25) is 0 Å². The second-order valence-electron chi connectivity index (χ2n) is 4.27. The predicted octanol–water partition coefficient (Wildman–Crippen LogP) is 3.50. The van der Waals surface area contributed by atoms with E-state index in [1.807, 2.05) is 6.92 Å². The van der Waals surface area contributed by atoms with E-state index in [0.717, 1.165) is 17.7 Å². The van der Waals surface area contributed by atoms with Gasteiger partial charge in [0.05, 0.1) is 5.69 Å². The Kier molecular flexibility index (Phi) is 3.84. The molecule has 0 saturated heterocycles. The van der Waals surface area contributed by atoms with E-state index >= 15 is 0 Å². The average Bonchev–Trinajstić information content (AvgIpc) is 2.37. The van der Waals surface area contributed by atoms with Crippen molar-refractivity contribution in [2.75, 3.05) is 16.4 Å². The average molecular weight is 277 g/mol. The van der Waals surface area contributed by atoms with Crippen molar-refractivity contribution in [1.29, 1.82) is 0 Å². The zero-order valence-electron chi connectivity index (χ0n) is 10.7. The smallest absolute Gasteiger partial charge is 0.323 e. The Bertz CT molecular complexity index is 659. The fourth-order valence-corrected chi connectivity index (χ4v) is 1.59. The quantitative estimate of drug-likeness (QED) is 0.735. The minimum atomic E-state index is -0.844. The molecule has 0 spiro atoms. The Hall–Kier alpha value is -2.63. The number of anilines is 3. The maximum absolute atomic E-state index is 13.4. The van der Waals surface area contributed by atoms with Crippen LogP contribution < -0.4 is 16.4 Å². The van der Waals surface area contributed by atoms with Crippen molar-refractivity contribution < 1.29 is 13.6 Å². The summed E-state index contributed by atoms with van der Waals surface area (Å²) >= 11 is 0. The lowest BCUT2D eigenvalue weighted by atomic mass is 10.2. The van der Waals surface area contributed by atoms with Crippen molar-refractivity contribution in [2.24, 2.45) is 0 Å². The molecular formula is C14H13F2N3O. The van der Waals surface area contributed by atoms with Crippen molar-refractivity contribution in [3.05, 3.63) is 53.6 Å². The summed E-state index contributed by atoms with van der Waals surface area (Å²) in [5.74, 6) is -1.55. The molecule has 0 aliphatic rings. The minimum Gasteiger partial charge on any atom is -0.398 e. The van der Waals surface area contributed by atoms with Gasteiger partial charge in [-0.15, -0.1) is 0 Å². The predicted molar refractivity (Wildman–Crippen MR) is 74.6 cm³/mol. The lowest BCUT2D eigenvalue weighted by molar-refractivity contribution is 0.262. The monoisotopic (exact) mass is 277 g/mol. The van der Waals surface area contributed by atoms with Crippen molar-refractivity contribution >= 4 is 23.1 Å². The first-order valence-corrected chi connectivity index (χ1v) is 5.85. The lowest BCUT2D eigenvalue weighted by Crippen LogP contribution is -2.20. The Morgan fingerprint density at radius 3 is 2.50 bits per heavy atom. The van der Waals surface area contributed by atoms with Gasteiger partial charge in [0, 0.05) is 17.4 Å². The van der Waals surface area contributed by atoms with Crippen LogP contribution in [0.1, 0.15) is 5.56 Å². The van der Waals surface area contributed by atoms with Gasteiger partial charge in [-0.1, -0.05) is 6.07 Å². The summed E-state index contributed by atoms with van der Waals surface area (Å²) < 4.78 is 26.1. The van der Waals surface area contributed by atoms with Gasteiger partial charge in [-0.3, -0.25) is 0 Å². The molecule has 0 radical (unpaired) electrons. The molecule has 104 valence electrons. The van der Waals surface area contributed by atoms with Gasteiger partial charge in [0.15, 0.2) is 0 Å². The molecule has 0 atom stereocenters. The topological polar surface area (TPSA) is 67.2 Å². The Balaban J connectivity index is 2.07. The zero-order chi connectivity index (χ0) is 14.7. The molecule has 0 bridgehead atoms. The molecule has 2 rings (SSSR count). The first kappa shape index (κ1) is 13.8. The summed E-state index contributed by atoms with van der Waals surface area (Å²) in [5.41, 5.74) is 7.52. The van der Waals surface area contributed by atoms with Crippen LogP contribution in [0.4, 0.5) is 30.6 Å². The molecule has 2 aromatic carbocycles. The van der Waals surface area contributed by atoms with Crippen molar-refractivity contribution in [3.8, 4) is 0 Å². The van der Waals surface area contributed by atoms with Crippen LogP contribution in [0.25, 0.3) is 0 Å². The van der Waals surface area contributed by atoms with Gasteiger partial charge in [0.1, 0.15) is 11.6 Å². The molecule has 0 aromatic heterocycles. The number of nitrogens with two attached hydrogens (primary N) is 1. The van der Waals surface area contributed by atoms with E-state index in [1.165, 1.54) is 0 Å². The zero-order valence-corrected chi connectivity index (χ0v) is 10.7. The fourth-order valence-electron chi connectivity index (χ4n) is 1.59. The highest BCUT2D eigenvalue weighted by Crippen LogP contribution is 2.18. The number of hydrogen-bond acceptors (Lipinski definition) is 2. The maximum Gasteiger partial charge on any atom is 0.323 e. The van der Waals surface area contributed by atoms with Crippen LogP contribution in [0, 0.1) is 18.6 Å². The summed E-state index contributed by atoms with van der Waals surface area (Å²) in [6, 6.07) is 7.28. The normalized spacial score (nSPS) is 10.2. The Morgan fingerprint density at radius 2 is 1.85 bits per heavy atom. The molecule has 4 nitrogen and oxygen atoms in total. The third kappa shape index (κ3) is 3.23. The molecule has 2 amide bonds. The number of nitrogen functional groups attached to an aromatic ring is 1. The van der Waals surface area contributed by atoms with Gasteiger partial charge in [0.2, 0.25) is 0 Å². The standard InChI is InChI=1S/C14H13F2N3O/c1-8-2-4-10(7-12(8)17)18-14(20)19-13-5-3-9(15)6-11(13)16/h2-7H,17H2,1H3,(H2,18,19,20). The third-order valence-electron chi connectivity index (χ3n) is 2.72. The van der Waals surface area contributed by atoms with Crippen LogP contribution in [0.5, 0.6) is 0 Å². The summed E-state index contributed by atoms with van der Waals surface area (Å²) in [4.78, 5) is 11.7. The number of urea groups is 1. The third-order valence-corrected chi connectivity index (χ3v) is 2.72. The number of benzene rings is 2. The van der Waals surface area contributed by atoms with Gasteiger partial charge in [-0.05, 0) is 36.8 Å². The van der Waals surface area contributed by atoms with E-state index in [9.17, 15) is 13.6 Å². The lowest BCUT2D eigenvalue weighted by Gasteiger charge is -2.09. The van der Waals surface area contributed by atoms with E-state index in [2.05, 4.69) is 10.6 Å². The fraction of sp³-hybridized carbons (Fsp3) is 0.0714. The van der Waals surface area contributed by atoms with E-state index < -0.39 is 17.7 Å². The minimum absolute atomic E-state index is 0.107. The van der Waals surface area contributed by atoms with E-state index in [-0.39, 0.29) is 5.69 Å². The van der Waals surface area contributed by atoms with Crippen LogP contribution >= 0.6 is 0 Å². The van der Waals surface area contributed by atoms with E-state index in [1.54, 1.807) is 18.2 Å². The number of halogens is 2. The highest BCUT2D eigenvalue weighted by atomic mass is 19.1. The summed E-state index contributed by atoms with van der Waals surface area (Å²) in [5, 5.41) is 4.80. The van der Waals surface area contributed by atoms with Crippen molar-refractivity contribution in [1.82, 2.24) is 0 Å². The van der Waals surface area contributed by atoms with Crippen LogP contribution in [0.3, 0.4) is 0 Å². The molecule has 0 aliphatic heterocycles. The number of aryl methyl sites for hydroxylation is 1. The summed E-state index contributed by atoms with van der Waals surface area (Å²) in [7, 11) is 0. The number of hydrogen-bond donors (Lipinski definition) is 3. The highest BCUT2D eigenvalue weighted by Gasteiger charge is 2.08.